The molecule has 0 heterocycles. The van der Waals surface area contributed by atoms with E-state index in [1.54, 1.807) is 0 Å². The summed E-state index contributed by atoms with van der Waals surface area (Å²) in [4.78, 5) is 35.5. The van der Waals surface area contributed by atoms with E-state index in [0.29, 0.717) is 12.8 Å². The molecule has 0 radical (unpaired) electrons. The van der Waals surface area contributed by atoms with E-state index in [1.165, 1.54) is 417 Å². The van der Waals surface area contributed by atoms with Crippen LogP contribution in [0, 0.1) is 0 Å². The number of phosphoric ester groups is 1. The minimum absolute atomic E-state index is 0.0590. The van der Waals surface area contributed by atoms with Gasteiger partial charge in [-0.2, -0.15) is 0 Å². The summed E-state index contributed by atoms with van der Waals surface area (Å²) >= 11 is 0. The number of nitrogens with two attached hydrogens (primary N) is 1. The van der Waals surface area contributed by atoms with Crippen LogP contribution in [-0.2, 0) is 32.7 Å². The molecule has 0 aliphatic carbocycles. The van der Waals surface area contributed by atoms with Gasteiger partial charge in [0.1, 0.15) is 6.61 Å². The summed E-state index contributed by atoms with van der Waals surface area (Å²) in [6.45, 7) is 3.86. The van der Waals surface area contributed by atoms with Crippen molar-refractivity contribution in [2.75, 3.05) is 26.4 Å². The van der Waals surface area contributed by atoms with Crippen LogP contribution >= 0.6 is 7.82 Å². The van der Waals surface area contributed by atoms with E-state index in [2.05, 4.69) is 13.8 Å². The first-order valence-corrected chi connectivity index (χ1v) is 43.5. The topological polar surface area (TPSA) is 134 Å². The SMILES string of the molecule is CCCCCCCCCCCCCCCCCCCCCCCCCCCCCCCCCCCCCCCCC(=O)OC(COC(=O)CCCCCCCCCCCCCCCCCCCCCCCCCCCCCCCCCCC)COP(=O)(O)OCCN. The third kappa shape index (κ3) is 78.0. The molecule has 0 amide bonds. The van der Waals surface area contributed by atoms with E-state index < -0.39 is 26.5 Å². The Morgan fingerprint density at radius 3 is 0.663 bits per heavy atom. The highest BCUT2D eigenvalue weighted by atomic mass is 31.2. The number of rotatable bonds is 82. The van der Waals surface area contributed by atoms with Gasteiger partial charge in [0.2, 0.25) is 0 Å². The lowest BCUT2D eigenvalue weighted by Gasteiger charge is -2.19. The van der Waals surface area contributed by atoms with Crippen LogP contribution in [-0.4, -0.2) is 49.3 Å². The van der Waals surface area contributed by atoms with Crippen LogP contribution in [0.5, 0.6) is 0 Å². The highest BCUT2D eigenvalue weighted by molar-refractivity contribution is 7.47. The van der Waals surface area contributed by atoms with E-state index in [1.807, 2.05) is 0 Å². The second-order valence-corrected chi connectivity index (χ2v) is 30.5. The number of carbonyl (C=O) groups excluding carboxylic acids is 2. The van der Waals surface area contributed by atoms with Gasteiger partial charge in [-0.25, -0.2) is 4.57 Å². The fourth-order valence-corrected chi connectivity index (χ4v) is 14.3. The van der Waals surface area contributed by atoms with Crippen LogP contribution in [0.3, 0.4) is 0 Å². The Balaban J connectivity index is 3.70. The molecule has 0 saturated heterocycles. The van der Waals surface area contributed by atoms with E-state index in [0.717, 1.165) is 32.1 Å². The number of ether oxygens (including phenoxy) is 2. The number of hydrogen-bond acceptors (Lipinski definition) is 8. The molecule has 10 heteroatoms. The Morgan fingerprint density at radius 1 is 0.283 bits per heavy atom. The zero-order valence-corrected chi connectivity index (χ0v) is 63.2. The lowest BCUT2D eigenvalue weighted by molar-refractivity contribution is -0.161. The van der Waals surface area contributed by atoms with Crippen LogP contribution in [0.1, 0.15) is 483 Å². The number of unbranched alkanes of at least 4 members (excludes halogenated alkanes) is 69. The molecule has 0 aliphatic rings. The normalized spacial score (nSPS) is 12.7. The Labute approximate surface area is 575 Å². The minimum Gasteiger partial charge on any atom is -0.462 e. The maximum Gasteiger partial charge on any atom is 0.472 e. The Hall–Kier alpha value is -0.990. The first kappa shape index (κ1) is 91.0. The van der Waals surface area contributed by atoms with Gasteiger partial charge < -0.3 is 20.1 Å². The summed E-state index contributed by atoms with van der Waals surface area (Å²) in [7, 11) is -4.39. The molecular formula is C82H164NO8P. The number of esters is 2. The summed E-state index contributed by atoms with van der Waals surface area (Å²) < 4.78 is 33.3. The van der Waals surface area contributed by atoms with Gasteiger partial charge in [0.15, 0.2) is 6.10 Å². The molecule has 0 aromatic rings. The van der Waals surface area contributed by atoms with E-state index in [4.69, 9.17) is 24.3 Å². The van der Waals surface area contributed by atoms with Crippen molar-refractivity contribution in [2.24, 2.45) is 5.73 Å². The lowest BCUT2D eigenvalue weighted by Crippen LogP contribution is -2.29. The third-order valence-corrected chi connectivity index (χ3v) is 20.7. The predicted octanol–water partition coefficient (Wildman–Crippen LogP) is 28.1. The van der Waals surface area contributed by atoms with Gasteiger partial charge in [-0.3, -0.25) is 18.6 Å². The first-order chi connectivity index (χ1) is 45.3. The van der Waals surface area contributed by atoms with Gasteiger partial charge in [-0.1, -0.05) is 457 Å². The van der Waals surface area contributed by atoms with Crippen LogP contribution in [0.2, 0.25) is 0 Å². The van der Waals surface area contributed by atoms with Crippen molar-refractivity contribution >= 4 is 19.8 Å². The molecule has 3 N–H and O–H groups in total. The molecule has 0 rings (SSSR count). The van der Waals surface area contributed by atoms with Gasteiger partial charge in [0, 0.05) is 19.4 Å². The summed E-state index contributed by atoms with van der Waals surface area (Å²) in [5.74, 6) is -0.793. The molecule has 0 saturated carbocycles. The van der Waals surface area contributed by atoms with Gasteiger partial charge in [0.05, 0.1) is 13.2 Å². The molecule has 2 unspecified atom stereocenters. The average molecular weight is 1320 g/mol. The number of carbonyl (C=O) groups is 2. The van der Waals surface area contributed by atoms with Crippen molar-refractivity contribution in [3.8, 4) is 0 Å². The number of phosphoric acid groups is 1. The summed E-state index contributed by atoms with van der Waals surface area (Å²) in [6.07, 6.45) is 97.1. The van der Waals surface area contributed by atoms with Crippen LogP contribution in [0.4, 0.5) is 0 Å². The van der Waals surface area contributed by atoms with Gasteiger partial charge >= 0.3 is 19.8 Å². The van der Waals surface area contributed by atoms with Crippen molar-refractivity contribution in [3.63, 3.8) is 0 Å². The smallest absolute Gasteiger partial charge is 0.462 e. The predicted molar refractivity (Wildman–Crippen MR) is 400 cm³/mol. The van der Waals surface area contributed by atoms with Crippen LogP contribution in [0.25, 0.3) is 0 Å². The van der Waals surface area contributed by atoms with Crippen molar-refractivity contribution < 1.29 is 37.6 Å². The molecule has 2 atom stereocenters. The molecular weight excluding hydrogens is 1160 g/mol. The molecule has 0 aliphatic heterocycles. The Morgan fingerprint density at radius 2 is 0.467 bits per heavy atom. The summed E-state index contributed by atoms with van der Waals surface area (Å²) in [6, 6.07) is 0. The van der Waals surface area contributed by atoms with Gasteiger partial charge in [-0.05, 0) is 12.8 Å². The molecule has 0 fully saturated rings. The second-order valence-electron chi connectivity index (χ2n) is 29.1. The fraction of sp³-hybridized carbons (Fsp3) is 0.976. The standard InChI is InChI=1S/C82H164NO8P/c1-3-5-7-9-11-13-15-17-19-21-23-25-27-29-31-33-35-37-38-39-40-41-43-45-47-49-51-53-55-57-59-61-63-65-67-69-71-73-75-82(85)91-80(79-90-92(86,87)89-77-76-83)78-88-81(84)74-72-70-68-66-64-62-60-58-56-54-52-50-48-46-44-42-36-34-32-30-28-26-24-22-20-18-16-14-12-10-8-6-4-2/h80H,3-79,83H2,1-2H3,(H,86,87). The van der Waals surface area contributed by atoms with Crippen molar-refractivity contribution in [1.29, 1.82) is 0 Å². The maximum atomic E-state index is 12.8. The van der Waals surface area contributed by atoms with Crippen LogP contribution < -0.4 is 5.73 Å². The van der Waals surface area contributed by atoms with E-state index >= 15 is 0 Å². The summed E-state index contributed by atoms with van der Waals surface area (Å²) in [5.41, 5.74) is 5.42. The third-order valence-electron chi connectivity index (χ3n) is 19.7. The van der Waals surface area contributed by atoms with Crippen molar-refractivity contribution in [1.82, 2.24) is 0 Å². The maximum absolute atomic E-state index is 12.8. The van der Waals surface area contributed by atoms with Gasteiger partial charge in [0.25, 0.3) is 0 Å². The number of hydrogen-bond donors (Lipinski definition) is 2. The van der Waals surface area contributed by atoms with Crippen molar-refractivity contribution in [2.45, 2.75) is 489 Å². The summed E-state index contributed by atoms with van der Waals surface area (Å²) in [5, 5.41) is 0. The highest BCUT2D eigenvalue weighted by Crippen LogP contribution is 2.43. The molecule has 0 aromatic heterocycles. The zero-order valence-electron chi connectivity index (χ0n) is 62.4. The Bertz CT molecular complexity index is 1470. The second kappa shape index (κ2) is 79.0. The quantitative estimate of drug-likeness (QED) is 0.0347. The molecule has 9 nitrogen and oxygen atoms in total. The highest BCUT2D eigenvalue weighted by Gasteiger charge is 2.26. The lowest BCUT2D eigenvalue weighted by atomic mass is 10.0. The average Bonchev–Trinajstić information content (AvgIpc) is 2.98. The molecule has 0 bridgehead atoms. The van der Waals surface area contributed by atoms with E-state index in [-0.39, 0.29) is 32.1 Å². The fourth-order valence-electron chi connectivity index (χ4n) is 13.5. The molecule has 550 valence electrons. The first-order valence-electron chi connectivity index (χ1n) is 42.0. The molecule has 0 aromatic carbocycles. The monoisotopic (exact) mass is 1320 g/mol. The van der Waals surface area contributed by atoms with Crippen molar-refractivity contribution in [3.05, 3.63) is 0 Å². The van der Waals surface area contributed by atoms with Gasteiger partial charge in [-0.15, -0.1) is 0 Å². The minimum atomic E-state index is -4.39. The largest absolute Gasteiger partial charge is 0.472 e. The Kier molecular flexibility index (Phi) is 78.2. The van der Waals surface area contributed by atoms with Crippen LogP contribution in [0.15, 0.2) is 0 Å². The molecule has 92 heavy (non-hydrogen) atoms. The van der Waals surface area contributed by atoms with E-state index in [9.17, 15) is 19.0 Å². The molecule has 0 spiro atoms. The zero-order chi connectivity index (χ0) is 66.5.